The molecule has 3 heterocycles. The molecule has 0 spiro atoms. The molecule has 182 valence electrons. The first-order valence-corrected chi connectivity index (χ1v) is 11.9. The number of carbonyl (C=O) groups excluding carboxylic acids is 2. The molecule has 1 aliphatic rings. The minimum absolute atomic E-state index is 0.0286. The third-order valence-corrected chi connectivity index (χ3v) is 6.36. The number of pyridine rings is 1. The summed E-state index contributed by atoms with van der Waals surface area (Å²) < 4.78 is 0. The van der Waals surface area contributed by atoms with Gasteiger partial charge < -0.3 is 21.3 Å². The van der Waals surface area contributed by atoms with Crippen molar-refractivity contribution in [3.63, 3.8) is 0 Å². The molecule has 1 aromatic carbocycles. The molecule has 1 saturated heterocycles. The highest BCUT2D eigenvalue weighted by molar-refractivity contribution is 5.96. The van der Waals surface area contributed by atoms with Gasteiger partial charge in [-0.1, -0.05) is 25.8 Å². The zero-order valence-corrected chi connectivity index (χ0v) is 20.1. The molecule has 9 nitrogen and oxygen atoms in total. The number of carbonyl (C=O) groups is 2. The summed E-state index contributed by atoms with van der Waals surface area (Å²) in [5, 5.41) is 0.789. The number of nitrogen functional groups attached to an aromatic ring is 2. The Labute approximate surface area is 204 Å². The molecule has 1 unspecified atom stereocenters. The Morgan fingerprint density at radius 2 is 2.00 bits per heavy atom. The first-order chi connectivity index (χ1) is 16.9. The summed E-state index contributed by atoms with van der Waals surface area (Å²) in [6, 6.07) is 8.82. The van der Waals surface area contributed by atoms with Gasteiger partial charge in [0, 0.05) is 36.8 Å². The number of benzene rings is 1. The fraction of sp³-hybridized carbons (Fsp3) is 0.346. The van der Waals surface area contributed by atoms with E-state index in [9.17, 15) is 9.59 Å². The standard InChI is InChI=1S/C26H31N7O2/c1-3-4-5-22-26(35)32(15-18-6-9-20-21(14-18)29-16-30-25(20)28)12-13-33(22)24(34)11-8-19-7-10-23(27)31-17(19)2/h6-11,14,16,22H,3-5,12-13,15H2,1-2H3,(H2,27,31)(H2,28,29,30)/b11-8+. The molecule has 0 radical (unpaired) electrons. The molecule has 35 heavy (non-hydrogen) atoms. The predicted octanol–water partition coefficient (Wildman–Crippen LogP) is 2.94. The van der Waals surface area contributed by atoms with Crippen LogP contribution < -0.4 is 11.5 Å². The lowest BCUT2D eigenvalue weighted by molar-refractivity contribution is -0.150. The second kappa shape index (κ2) is 10.5. The highest BCUT2D eigenvalue weighted by Gasteiger charge is 2.36. The molecular weight excluding hydrogens is 442 g/mol. The molecular formula is C26H31N7O2. The van der Waals surface area contributed by atoms with Crippen LogP contribution in [0.15, 0.2) is 42.7 Å². The van der Waals surface area contributed by atoms with Crippen LogP contribution in [0.5, 0.6) is 0 Å². The van der Waals surface area contributed by atoms with Crippen molar-refractivity contribution in [3.05, 3.63) is 59.6 Å². The lowest BCUT2D eigenvalue weighted by atomic mass is 10.0. The van der Waals surface area contributed by atoms with Crippen LogP contribution in [0.4, 0.5) is 11.6 Å². The number of nitrogens with two attached hydrogens (primary N) is 2. The van der Waals surface area contributed by atoms with E-state index >= 15 is 0 Å². The topological polar surface area (TPSA) is 131 Å². The van der Waals surface area contributed by atoms with Gasteiger partial charge in [-0.05, 0) is 54.8 Å². The van der Waals surface area contributed by atoms with Gasteiger partial charge in [0.2, 0.25) is 11.8 Å². The highest BCUT2D eigenvalue weighted by Crippen LogP contribution is 2.23. The Kier molecular flexibility index (Phi) is 7.24. The Hall–Kier alpha value is -4.01. The Balaban J connectivity index is 1.50. The van der Waals surface area contributed by atoms with Gasteiger partial charge in [0.25, 0.3) is 0 Å². The molecule has 0 aliphatic carbocycles. The Morgan fingerprint density at radius 3 is 2.77 bits per heavy atom. The van der Waals surface area contributed by atoms with Gasteiger partial charge >= 0.3 is 0 Å². The van der Waals surface area contributed by atoms with E-state index in [0.29, 0.717) is 37.7 Å². The molecule has 1 aliphatic heterocycles. The van der Waals surface area contributed by atoms with Gasteiger partial charge in [0.05, 0.1) is 5.52 Å². The zero-order chi connectivity index (χ0) is 24.9. The molecule has 2 amide bonds. The first-order valence-electron chi connectivity index (χ1n) is 11.9. The summed E-state index contributed by atoms with van der Waals surface area (Å²) >= 11 is 0. The van der Waals surface area contributed by atoms with E-state index in [4.69, 9.17) is 11.5 Å². The van der Waals surface area contributed by atoms with Crippen molar-refractivity contribution >= 4 is 40.4 Å². The maximum atomic E-state index is 13.5. The summed E-state index contributed by atoms with van der Waals surface area (Å²) in [6.07, 6.45) is 7.15. The van der Waals surface area contributed by atoms with Crippen molar-refractivity contribution in [1.29, 1.82) is 0 Å². The van der Waals surface area contributed by atoms with E-state index in [1.54, 1.807) is 17.0 Å². The number of rotatable bonds is 7. The van der Waals surface area contributed by atoms with Crippen molar-refractivity contribution in [3.8, 4) is 0 Å². The Bertz CT molecular complexity index is 1270. The van der Waals surface area contributed by atoms with Crippen LogP contribution in [0.25, 0.3) is 17.0 Å². The molecule has 4 rings (SSSR count). The van der Waals surface area contributed by atoms with Crippen LogP contribution in [-0.4, -0.2) is 55.7 Å². The van der Waals surface area contributed by atoms with Gasteiger partial charge in [-0.15, -0.1) is 0 Å². The van der Waals surface area contributed by atoms with E-state index in [0.717, 1.165) is 40.6 Å². The minimum Gasteiger partial charge on any atom is -0.384 e. The normalized spacial score (nSPS) is 16.4. The summed E-state index contributed by atoms with van der Waals surface area (Å²) in [6.45, 7) is 5.32. The molecule has 0 bridgehead atoms. The molecule has 1 atom stereocenters. The number of unbranched alkanes of at least 4 members (excludes halogenated alkanes) is 1. The van der Waals surface area contributed by atoms with E-state index in [-0.39, 0.29) is 11.8 Å². The average molecular weight is 474 g/mol. The third-order valence-electron chi connectivity index (χ3n) is 6.36. The maximum Gasteiger partial charge on any atom is 0.247 e. The smallest absolute Gasteiger partial charge is 0.247 e. The fourth-order valence-corrected chi connectivity index (χ4v) is 4.40. The number of nitrogens with zero attached hydrogens (tertiary/aromatic N) is 5. The van der Waals surface area contributed by atoms with Gasteiger partial charge in [0.1, 0.15) is 24.0 Å². The number of amides is 2. The monoisotopic (exact) mass is 473 g/mol. The van der Waals surface area contributed by atoms with Crippen LogP contribution in [0, 0.1) is 6.92 Å². The van der Waals surface area contributed by atoms with Crippen molar-refractivity contribution < 1.29 is 9.59 Å². The van der Waals surface area contributed by atoms with Gasteiger partial charge in [-0.25, -0.2) is 15.0 Å². The zero-order valence-electron chi connectivity index (χ0n) is 20.1. The number of piperazine rings is 1. The second-order valence-electron chi connectivity index (χ2n) is 8.80. The van der Waals surface area contributed by atoms with Crippen LogP contribution >= 0.6 is 0 Å². The van der Waals surface area contributed by atoms with Gasteiger partial charge in [0.15, 0.2) is 0 Å². The quantitative estimate of drug-likeness (QED) is 0.504. The van der Waals surface area contributed by atoms with Gasteiger partial charge in [-0.2, -0.15) is 0 Å². The fourth-order valence-electron chi connectivity index (χ4n) is 4.40. The number of hydrogen-bond acceptors (Lipinski definition) is 7. The molecule has 3 aromatic rings. The number of aromatic nitrogens is 3. The van der Waals surface area contributed by atoms with Crippen LogP contribution in [0.1, 0.15) is 43.0 Å². The van der Waals surface area contributed by atoms with Crippen molar-refractivity contribution in [2.45, 2.75) is 45.7 Å². The van der Waals surface area contributed by atoms with E-state index in [2.05, 4.69) is 21.9 Å². The molecule has 0 saturated carbocycles. The lowest BCUT2D eigenvalue weighted by Gasteiger charge is -2.40. The van der Waals surface area contributed by atoms with E-state index < -0.39 is 6.04 Å². The van der Waals surface area contributed by atoms with E-state index in [1.165, 1.54) is 12.4 Å². The minimum atomic E-state index is -0.482. The molecule has 9 heteroatoms. The van der Waals surface area contributed by atoms with Crippen LogP contribution in [0.2, 0.25) is 0 Å². The molecule has 4 N–H and O–H groups in total. The molecule has 1 fully saturated rings. The summed E-state index contributed by atoms with van der Waals surface area (Å²) in [7, 11) is 0. The largest absolute Gasteiger partial charge is 0.384 e. The van der Waals surface area contributed by atoms with Crippen LogP contribution in [-0.2, 0) is 16.1 Å². The summed E-state index contributed by atoms with van der Waals surface area (Å²) in [5.74, 6) is 0.671. The summed E-state index contributed by atoms with van der Waals surface area (Å²) in [4.78, 5) is 42.7. The summed E-state index contributed by atoms with van der Waals surface area (Å²) in [5.41, 5.74) is 14.9. The maximum absolute atomic E-state index is 13.5. The van der Waals surface area contributed by atoms with E-state index in [1.807, 2.05) is 36.1 Å². The predicted molar refractivity (Wildman–Crippen MR) is 137 cm³/mol. The van der Waals surface area contributed by atoms with Crippen molar-refractivity contribution in [1.82, 2.24) is 24.8 Å². The number of hydrogen-bond donors (Lipinski definition) is 2. The third kappa shape index (κ3) is 5.40. The van der Waals surface area contributed by atoms with Gasteiger partial charge in [-0.3, -0.25) is 9.59 Å². The first kappa shape index (κ1) is 24.1. The number of aryl methyl sites for hydroxylation is 1. The second-order valence-corrected chi connectivity index (χ2v) is 8.80. The number of fused-ring (bicyclic) bond motifs is 1. The van der Waals surface area contributed by atoms with Crippen molar-refractivity contribution in [2.24, 2.45) is 0 Å². The average Bonchev–Trinajstić information content (AvgIpc) is 2.84. The highest BCUT2D eigenvalue weighted by atomic mass is 16.2. The van der Waals surface area contributed by atoms with Crippen molar-refractivity contribution in [2.75, 3.05) is 24.6 Å². The van der Waals surface area contributed by atoms with Crippen LogP contribution in [0.3, 0.4) is 0 Å². The lowest BCUT2D eigenvalue weighted by Crippen LogP contribution is -2.58. The molecule has 2 aromatic heterocycles. The SMILES string of the molecule is CCCCC1C(=O)N(Cc2ccc3c(N)ncnc3c2)CCN1C(=O)/C=C/c1ccc(N)nc1C. The number of anilines is 2. The Morgan fingerprint density at radius 1 is 1.17 bits per heavy atom.